The van der Waals surface area contributed by atoms with Crippen molar-refractivity contribution in [3.05, 3.63) is 63.2 Å². The van der Waals surface area contributed by atoms with E-state index in [-0.39, 0.29) is 17.2 Å². The van der Waals surface area contributed by atoms with Gasteiger partial charge in [-0.25, -0.2) is 0 Å². The number of aryl methyl sites for hydroxylation is 2. The summed E-state index contributed by atoms with van der Waals surface area (Å²) in [6.07, 6.45) is -0.848. The molecule has 0 aliphatic rings. The molecule has 0 unspecified atom stereocenters. The zero-order chi connectivity index (χ0) is 17.9. The van der Waals surface area contributed by atoms with Crippen LogP contribution in [0.5, 0.6) is 11.5 Å². The zero-order valence-corrected chi connectivity index (χ0v) is 14.0. The number of rotatable bonds is 6. The number of nitro benzene ring substituents is 1. The van der Waals surface area contributed by atoms with E-state index in [1.165, 1.54) is 19.2 Å². The first kappa shape index (κ1) is 17.5. The van der Waals surface area contributed by atoms with Crippen LogP contribution in [0, 0.1) is 24.0 Å². The van der Waals surface area contributed by atoms with Crippen molar-refractivity contribution in [3.8, 4) is 11.5 Å². The number of nitro groups is 1. The van der Waals surface area contributed by atoms with Crippen LogP contribution in [0.4, 0.5) is 5.69 Å². The Morgan fingerprint density at radius 1 is 1.12 bits per heavy atom. The van der Waals surface area contributed by atoms with E-state index >= 15 is 0 Å². The van der Waals surface area contributed by atoms with Gasteiger partial charge in [-0.15, -0.1) is 0 Å². The zero-order valence-electron chi connectivity index (χ0n) is 14.0. The Morgan fingerprint density at radius 3 is 2.42 bits per heavy atom. The van der Waals surface area contributed by atoms with E-state index in [1.807, 2.05) is 19.9 Å². The minimum absolute atomic E-state index is 0.0329. The fraction of sp³-hybridized carbons (Fsp3) is 0.278. The Kier molecular flexibility index (Phi) is 5.18. The minimum atomic E-state index is -0.848. The van der Waals surface area contributed by atoms with Crippen LogP contribution < -0.4 is 9.47 Å². The summed E-state index contributed by atoms with van der Waals surface area (Å²) in [5, 5.41) is 11.2. The molecular formula is C18H19NO5. The second kappa shape index (κ2) is 7.12. The summed E-state index contributed by atoms with van der Waals surface area (Å²) in [6.45, 7) is 5.46. The Bertz CT molecular complexity index is 785. The fourth-order valence-electron chi connectivity index (χ4n) is 2.24. The van der Waals surface area contributed by atoms with Crippen molar-refractivity contribution in [2.75, 3.05) is 7.11 Å². The van der Waals surface area contributed by atoms with Gasteiger partial charge in [-0.1, -0.05) is 12.1 Å². The van der Waals surface area contributed by atoms with Crippen LogP contribution in [-0.4, -0.2) is 23.9 Å². The number of carbonyl (C=O) groups is 1. The van der Waals surface area contributed by atoms with E-state index in [2.05, 4.69) is 0 Å². The molecule has 0 N–H and O–H groups in total. The van der Waals surface area contributed by atoms with Crippen molar-refractivity contribution in [1.82, 2.24) is 0 Å². The number of hydrogen-bond acceptors (Lipinski definition) is 5. The van der Waals surface area contributed by atoms with Crippen molar-refractivity contribution in [2.24, 2.45) is 0 Å². The normalized spacial score (nSPS) is 11.7. The summed E-state index contributed by atoms with van der Waals surface area (Å²) in [4.78, 5) is 23.1. The van der Waals surface area contributed by atoms with Crippen molar-refractivity contribution >= 4 is 11.5 Å². The van der Waals surface area contributed by atoms with E-state index < -0.39 is 11.0 Å². The second-order valence-electron chi connectivity index (χ2n) is 5.51. The van der Waals surface area contributed by atoms with Crippen LogP contribution in [0.1, 0.15) is 28.4 Å². The number of ether oxygens (including phenoxy) is 2. The molecule has 2 rings (SSSR count). The van der Waals surface area contributed by atoms with Gasteiger partial charge in [-0.3, -0.25) is 14.9 Å². The highest BCUT2D eigenvalue weighted by molar-refractivity contribution is 5.99. The maximum Gasteiger partial charge on any atom is 0.314 e. The predicted molar refractivity (Wildman–Crippen MR) is 90.0 cm³/mol. The van der Waals surface area contributed by atoms with Crippen LogP contribution in [0.25, 0.3) is 0 Å². The van der Waals surface area contributed by atoms with Crippen molar-refractivity contribution < 1.29 is 19.2 Å². The fourth-order valence-corrected chi connectivity index (χ4v) is 2.24. The molecule has 0 bridgehead atoms. The van der Waals surface area contributed by atoms with Crippen LogP contribution >= 0.6 is 0 Å². The van der Waals surface area contributed by atoms with Gasteiger partial charge in [0.2, 0.25) is 5.78 Å². The highest BCUT2D eigenvalue weighted by atomic mass is 16.6. The molecule has 0 fully saturated rings. The summed E-state index contributed by atoms with van der Waals surface area (Å²) in [5.74, 6) is 0.149. The third-order valence-corrected chi connectivity index (χ3v) is 3.83. The standard InChI is InChI=1S/C18H19NO5/c1-11-5-6-14(9-12(11)2)18(20)13(3)24-17-8-7-15(23-4)10-16(17)19(21)22/h5-10,13H,1-4H3/t13-/m1/s1. The molecular weight excluding hydrogens is 310 g/mol. The Morgan fingerprint density at radius 2 is 1.83 bits per heavy atom. The van der Waals surface area contributed by atoms with Crippen molar-refractivity contribution in [3.63, 3.8) is 0 Å². The quantitative estimate of drug-likeness (QED) is 0.456. The smallest absolute Gasteiger partial charge is 0.314 e. The molecule has 1 atom stereocenters. The van der Waals surface area contributed by atoms with E-state index in [0.717, 1.165) is 11.1 Å². The topological polar surface area (TPSA) is 78.7 Å². The molecule has 6 heteroatoms. The lowest BCUT2D eigenvalue weighted by Crippen LogP contribution is -2.24. The third kappa shape index (κ3) is 3.71. The SMILES string of the molecule is COc1ccc(O[C@H](C)C(=O)c2ccc(C)c(C)c2)c([N+](=O)[O-])c1. The number of methoxy groups -OCH3 is 1. The Labute approximate surface area is 140 Å². The minimum Gasteiger partial charge on any atom is -0.496 e. The van der Waals surface area contributed by atoms with Gasteiger partial charge in [0.1, 0.15) is 5.75 Å². The van der Waals surface area contributed by atoms with Crippen molar-refractivity contribution in [1.29, 1.82) is 0 Å². The van der Waals surface area contributed by atoms with E-state index in [0.29, 0.717) is 11.3 Å². The molecule has 0 heterocycles. The number of hydrogen-bond donors (Lipinski definition) is 0. The molecule has 0 aliphatic heterocycles. The van der Waals surface area contributed by atoms with Gasteiger partial charge in [-0.2, -0.15) is 0 Å². The first-order valence-corrected chi connectivity index (χ1v) is 7.44. The first-order valence-electron chi connectivity index (χ1n) is 7.44. The number of benzene rings is 2. The average molecular weight is 329 g/mol. The van der Waals surface area contributed by atoms with E-state index in [9.17, 15) is 14.9 Å². The largest absolute Gasteiger partial charge is 0.496 e. The van der Waals surface area contributed by atoms with Crippen LogP contribution in [0.2, 0.25) is 0 Å². The molecule has 2 aromatic rings. The van der Waals surface area contributed by atoms with Gasteiger partial charge in [0.25, 0.3) is 0 Å². The number of Topliss-reactive ketones (excluding diaryl/α,β-unsaturated/α-hetero) is 1. The van der Waals surface area contributed by atoms with Gasteiger partial charge in [0, 0.05) is 5.56 Å². The molecule has 0 saturated heterocycles. The van der Waals surface area contributed by atoms with Gasteiger partial charge < -0.3 is 9.47 Å². The molecule has 0 aromatic heterocycles. The lowest BCUT2D eigenvalue weighted by atomic mass is 10.0. The Hall–Kier alpha value is -2.89. The lowest BCUT2D eigenvalue weighted by molar-refractivity contribution is -0.386. The summed E-state index contributed by atoms with van der Waals surface area (Å²) in [5.41, 5.74) is 2.37. The predicted octanol–water partition coefficient (Wildman–Crippen LogP) is 3.87. The molecule has 0 saturated carbocycles. The summed E-state index contributed by atoms with van der Waals surface area (Å²) in [6, 6.07) is 9.64. The monoisotopic (exact) mass is 329 g/mol. The molecule has 0 spiro atoms. The van der Waals surface area contributed by atoms with Gasteiger partial charge in [-0.05, 0) is 50.1 Å². The highest BCUT2D eigenvalue weighted by Gasteiger charge is 2.23. The molecule has 126 valence electrons. The van der Waals surface area contributed by atoms with E-state index in [4.69, 9.17) is 9.47 Å². The summed E-state index contributed by atoms with van der Waals surface area (Å²) in [7, 11) is 1.42. The molecule has 0 radical (unpaired) electrons. The highest BCUT2D eigenvalue weighted by Crippen LogP contribution is 2.32. The van der Waals surface area contributed by atoms with Crippen LogP contribution in [-0.2, 0) is 0 Å². The lowest BCUT2D eigenvalue weighted by Gasteiger charge is -2.15. The molecule has 6 nitrogen and oxygen atoms in total. The Balaban J connectivity index is 2.25. The van der Waals surface area contributed by atoms with Gasteiger partial charge in [0.05, 0.1) is 18.1 Å². The molecule has 2 aromatic carbocycles. The van der Waals surface area contributed by atoms with Gasteiger partial charge in [0.15, 0.2) is 11.9 Å². The molecule has 0 aliphatic carbocycles. The van der Waals surface area contributed by atoms with Gasteiger partial charge >= 0.3 is 5.69 Å². The summed E-state index contributed by atoms with van der Waals surface area (Å²) >= 11 is 0. The van der Waals surface area contributed by atoms with Crippen LogP contribution in [0.15, 0.2) is 36.4 Å². The summed E-state index contributed by atoms with van der Waals surface area (Å²) < 4.78 is 10.5. The molecule has 0 amide bonds. The van der Waals surface area contributed by atoms with E-state index in [1.54, 1.807) is 25.1 Å². The first-order chi connectivity index (χ1) is 11.3. The third-order valence-electron chi connectivity index (χ3n) is 3.83. The van der Waals surface area contributed by atoms with Crippen molar-refractivity contribution in [2.45, 2.75) is 26.9 Å². The number of nitrogens with zero attached hydrogens (tertiary/aromatic N) is 1. The second-order valence-corrected chi connectivity index (χ2v) is 5.51. The number of carbonyl (C=O) groups excluding carboxylic acids is 1. The number of ketones is 1. The average Bonchev–Trinajstić information content (AvgIpc) is 2.56. The maximum absolute atomic E-state index is 12.5. The maximum atomic E-state index is 12.5. The van der Waals surface area contributed by atoms with Crippen LogP contribution in [0.3, 0.4) is 0 Å². The molecule has 24 heavy (non-hydrogen) atoms.